The molecule has 1 aliphatic rings. The number of aromatic nitrogens is 1. The fraction of sp³-hybridized carbons (Fsp3) is 0.409. The van der Waals surface area contributed by atoms with Gasteiger partial charge in [0.25, 0.3) is 5.91 Å². The molecule has 1 unspecified atom stereocenters. The fourth-order valence-electron chi connectivity index (χ4n) is 3.72. The standard InChI is InChI=1S/C22H24ClFN4O3/c1-22(2,3)31-21(30)27-10-14(5-4-8-25)28-11-15(19(20(26)29)18(28)12-27)13-6-7-17(24)16(23)9-13/h6-7,9,11,14H,4-5,10,12H2,1-3H3,(H2,26,29). The van der Waals surface area contributed by atoms with E-state index in [1.54, 1.807) is 27.0 Å². The molecule has 0 saturated heterocycles. The number of hydrogen-bond donors (Lipinski definition) is 1. The van der Waals surface area contributed by atoms with Gasteiger partial charge in [-0.2, -0.15) is 5.26 Å². The number of benzene rings is 1. The second-order valence-electron chi connectivity index (χ2n) is 8.48. The van der Waals surface area contributed by atoms with Gasteiger partial charge in [-0.25, -0.2) is 9.18 Å². The third kappa shape index (κ3) is 4.83. The number of hydrogen-bond acceptors (Lipinski definition) is 4. The van der Waals surface area contributed by atoms with Gasteiger partial charge in [0.1, 0.15) is 11.4 Å². The molecule has 1 aromatic heterocycles. The van der Waals surface area contributed by atoms with Gasteiger partial charge in [0.15, 0.2) is 0 Å². The summed E-state index contributed by atoms with van der Waals surface area (Å²) < 4.78 is 21.0. The highest BCUT2D eigenvalue weighted by atomic mass is 35.5. The second kappa shape index (κ2) is 8.60. The number of nitriles is 1. The topological polar surface area (TPSA) is 101 Å². The normalized spacial score (nSPS) is 15.9. The van der Waals surface area contributed by atoms with Crippen LogP contribution in [0.2, 0.25) is 5.02 Å². The molecule has 0 fully saturated rings. The van der Waals surface area contributed by atoms with Crippen molar-refractivity contribution >= 4 is 23.6 Å². The van der Waals surface area contributed by atoms with Crippen molar-refractivity contribution in [3.63, 3.8) is 0 Å². The molecule has 2 aromatic rings. The molecular weight excluding hydrogens is 423 g/mol. The highest BCUT2D eigenvalue weighted by Gasteiger charge is 2.34. The molecule has 0 spiro atoms. The van der Waals surface area contributed by atoms with Gasteiger partial charge in [-0.15, -0.1) is 0 Å². The number of fused-ring (bicyclic) bond motifs is 1. The van der Waals surface area contributed by atoms with Crippen molar-refractivity contribution in [3.05, 3.63) is 46.5 Å². The van der Waals surface area contributed by atoms with Gasteiger partial charge in [-0.3, -0.25) is 4.79 Å². The zero-order valence-corrected chi connectivity index (χ0v) is 18.4. The highest BCUT2D eigenvalue weighted by Crippen LogP contribution is 2.37. The summed E-state index contributed by atoms with van der Waals surface area (Å²) in [4.78, 5) is 26.7. The van der Waals surface area contributed by atoms with Crippen molar-refractivity contribution in [2.75, 3.05) is 6.54 Å². The van der Waals surface area contributed by atoms with E-state index in [2.05, 4.69) is 6.07 Å². The predicted molar refractivity (Wildman–Crippen MR) is 114 cm³/mol. The molecule has 7 nitrogen and oxygen atoms in total. The zero-order valence-electron chi connectivity index (χ0n) is 17.6. The van der Waals surface area contributed by atoms with Gasteiger partial charge >= 0.3 is 6.09 Å². The number of nitrogens with two attached hydrogens (primary N) is 1. The lowest BCUT2D eigenvalue weighted by atomic mass is 10.0. The Labute approximate surface area is 185 Å². The average molecular weight is 447 g/mol. The minimum atomic E-state index is -0.679. The van der Waals surface area contributed by atoms with Crippen LogP contribution in [-0.4, -0.2) is 33.6 Å². The van der Waals surface area contributed by atoms with E-state index in [1.807, 2.05) is 4.57 Å². The molecule has 0 bridgehead atoms. The van der Waals surface area contributed by atoms with Gasteiger partial charge in [0.05, 0.1) is 34.9 Å². The van der Waals surface area contributed by atoms with Gasteiger partial charge < -0.3 is 19.9 Å². The van der Waals surface area contributed by atoms with Crippen molar-refractivity contribution in [1.82, 2.24) is 9.47 Å². The van der Waals surface area contributed by atoms with Crippen LogP contribution in [0.1, 0.15) is 55.7 Å². The maximum atomic E-state index is 13.7. The SMILES string of the molecule is CC(C)(C)OC(=O)N1Cc2c(C(N)=O)c(-c3ccc(F)c(Cl)c3)cn2C(CCC#N)C1. The lowest BCUT2D eigenvalue weighted by Gasteiger charge is -2.36. The number of halogens is 2. The summed E-state index contributed by atoms with van der Waals surface area (Å²) in [5, 5.41) is 8.99. The first-order valence-electron chi connectivity index (χ1n) is 9.85. The minimum absolute atomic E-state index is 0.0755. The molecule has 0 radical (unpaired) electrons. The molecule has 164 valence electrons. The Morgan fingerprint density at radius 2 is 2.10 bits per heavy atom. The van der Waals surface area contributed by atoms with Crippen LogP contribution >= 0.6 is 11.6 Å². The van der Waals surface area contributed by atoms with Crippen LogP contribution in [0.25, 0.3) is 11.1 Å². The molecule has 2 amide bonds. The van der Waals surface area contributed by atoms with Crippen molar-refractivity contribution in [2.24, 2.45) is 5.73 Å². The van der Waals surface area contributed by atoms with E-state index in [1.165, 1.54) is 23.1 Å². The molecule has 2 heterocycles. The van der Waals surface area contributed by atoms with Gasteiger partial charge in [-0.05, 0) is 44.9 Å². The summed E-state index contributed by atoms with van der Waals surface area (Å²) in [6, 6.07) is 6.04. The first-order valence-corrected chi connectivity index (χ1v) is 10.2. The van der Waals surface area contributed by atoms with Gasteiger partial charge in [-0.1, -0.05) is 17.7 Å². The fourth-order valence-corrected chi connectivity index (χ4v) is 3.91. The first kappa shape index (κ1) is 22.6. The van der Waals surface area contributed by atoms with E-state index in [0.717, 1.165) is 0 Å². The Balaban J connectivity index is 2.10. The summed E-state index contributed by atoms with van der Waals surface area (Å²) in [5.41, 5.74) is 6.84. The smallest absolute Gasteiger partial charge is 0.410 e. The van der Waals surface area contributed by atoms with E-state index < -0.39 is 23.4 Å². The molecule has 1 aliphatic heterocycles. The lowest BCUT2D eigenvalue weighted by Crippen LogP contribution is -2.43. The minimum Gasteiger partial charge on any atom is -0.444 e. The van der Waals surface area contributed by atoms with Crippen LogP contribution in [0.3, 0.4) is 0 Å². The van der Waals surface area contributed by atoms with E-state index in [4.69, 9.17) is 27.3 Å². The molecule has 9 heteroatoms. The number of amides is 2. The van der Waals surface area contributed by atoms with Crippen LogP contribution in [0.5, 0.6) is 0 Å². The Morgan fingerprint density at radius 1 is 1.39 bits per heavy atom. The molecule has 31 heavy (non-hydrogen) atoms. The Bertz CT molecular complexity index is 1070. The summed E-state index contributed by atoms with van der Waals surface area (Å²) in [7, 11) is 0. The van der Waals surface area contributed by atoms with E-state index >= 15 is 0 Å². The van der Waals surface area contributed by atoms with Gasteiger partial charge in [0.2, 0.25) is 0 Å². The third-order valence-corrected chi connectivity index (χ3v) is 5.31. The summed E-state index contributed by atoms with van der Waals surface area (Å²) in [5.74, 6) is -1.24. The molecule has 0 saturated carbocycles. The number of rotatable bonds is 4. The quantitative estimate of drug-likeness (QED) is 0.738. The number of primary amides is 1. The van der Waals surface area contributed by atoms with Crippen LogP contribution in [-0.2, 0) is 11.3 Å². The zero-order chi connectivity index (χ0) is 22.9. The van der Waals surface area contributed by atoms with Crippen molar-refractivity contribution < 1.29 is 18.7 Å². The van der Waals surface area contributed by atoms with Crippen LogP contribution in [0.4, 0.5) is 9.18 Å². The first-order chi connectivity index (χ1) is 14.5. The predicted octanol–water partition coefficient (Wildman–Crippen LogP) is 4.64. The van der Waals surface area contributed by atoms with E-state index in [-0.39, 0.29) is 29.6 Å². The van der Waals surface area contributed by atoms with Crippen LogP contribution < -0.4 is 5.73 Å². The molecule has 3 rings (SSSR count). The molecule has 2 N–H and O–H groups in total. The molecule has 0 aliphatic carbocycles. The molecule has 1 atom stereocenters. The lowest BCUT2D eigenvalue weighted by molar-refractivity contribution is 0.0163. The third-order valence-electron chi connectivity index (χ3n) is 5.02. The Morgan fingerprint density at radius 3 is 2.68 bits per heavy atom. The number of carbonyl (C=O) groups is 2. The summed E-state index contributed by atoms with van der Waals surface area (Å²) in [6.07, 6.45) is 1.99. The van der Waals surface area contributed by atoms with Crippen LogP contribution in [0, 0.1) is 17.1 Å². The molecular formula is C22H24ClFN4O3. The maximum Gasteiger partial charge on any atom is 0.410 e. The number of carbonyl (C=O) groups excluding carboxylic acids is 2. The van der Waals surface area contributed by atoms with Crippen molar-refractivity contribution in [1.29, 1.82) is 5.26 Å². The summed E-state index contributed by atoms with van der Waals surface area (Å²) >= 11 is 5.94. The Hall–Kier alpha value is -3.05. The second-order valence-corrected chi connectivity index (χ2v) is 8.88. The largest absolute Gasteiger partial charge is 0.444 e. The van der Waals surface area contributed by atoms with E-state index in [0.29, 0.717) is 29.8 Å². The Kier molecular flexibility index (Phi) is 6.27. The summed E-state index contributed by atoms with van der Waals surface area (Å²) in [6.45, 7) is 5.76. The van der Waals surface area contributed by atoms with Gasteiger partial charge in [0, 0.05) is 24.7 Å². The monoisotopic (exact) mass is 446 g/mol. The highest BCUT2D eigenvalue weighted by molar-refractivity contribution is 6.31. The molecule has 1 aromatic carbocycles. The van der Waals surface area contributed by atoms with Crippen molar-refractivity contribution in [2.45, 2.75) is 51.8 Å². The maximum absolute atomic E-state index is 13.7. The number of ether oxygens (including phenoxy) is 1. The number of nitrogens with zero attached hydrogens (tertiary/aromatic N) is 3. The average Bonchev–Trinajstić information content (AvgIpc) is 3.06. The van der Waals surface area contributed by atoms with Crippen molar-refractivity contribution in [3.8, 4) is 17.2 Å². The van der Waals surface area contributed by atoms with Crippen LogP contribution in [0.15, 0.2) is 24.4 Å². The van der Waals surface area contributed by atoms with E-state index in [9.17, 15) is 14.0 Å².